The summed E-state index contributed by atoms with van der Waals surface area (Å²) in [5.74, 6) is -2.41. The molecule has 0 saturated carbocycles. The van der Waals surface area contributed by atoms with Crippen molar-refractivity contribution in [2.45, 2.75) is 12.3 Å². The Morgan fingerprint density at radius 2 is 2.22 bits per heavy atom. The van der Waals surface area contributed by atoms with Gasteiger partial charge in [0.15, 0.2) is 5.41 Å². The normalized spacial score (nSPS) is 22.6. The molecule has 1 spiro atoms. The van der Waals surface area contributed by atoms with Crippen LogP contribution in [0.1, 0.15) is 12.5 Å². The fraction of sp³-hybridized carbons (Fsp3) is 0.133. The van der Waals surface area contributed by atoms with Gasteiger partial charge in [0.05, 0.1) is 0 Å². The summed E-state index contributed by atoms with van der Waals surface area (Å²) in [6.07, 6.45) is 0. The lowest BCUT2D eigenvalue weighted by Gasteiger charge is -2.33. The van der Waals surface area contributed by atoms with E-state index in [2.05, 4.69) is 5.32 Å². The number of nitrogens with zero attached hydrogens (tertiary/aromatic N) is 1. The van der Waals surface area contributed by atoms with Crippen molar-refractivity contribution in [3.63, 3.8) is 0 Å². The number of nitrogens with two attached hydrogens (primary N) is 1. The van der Waals surface area contributed by atoms with Gasteiger partial charge >= 0.3 is 5.97 Å². The summed E-state index contributed by atoms with van der Waals surface area (Å²) >= 11 is 5.92. The van der Waals surface area contributed by atoms with E-state index >= 15 is 0 Å². The van der Waals surface area contributed by atoms with E-state index in [0.29, 0.717) is 16.3 Å². The quantitative estimate of drug-likeness (QED) is 0.717. The number of halogens is 1. The number of hydrogen-bond donors (Lipinski definition) is 3. The van der Waals surface area contributed by atoms with Crippen LogP contribution in [0.5, 0.6) is 0 Å². The summed E-state index contributed by atoms with van der Waals surface area (Å²) in [7, 11) is 0. The minimum atomic E-state index is -1.85. The molecule has 4 N–H and O–H groups in total. The maximum absolute atomic E-state index is 12.7. The minimum absolute atomic E-state index is 0.0491. The number of carbonyl (C=O) groups is 2. The molecule has 3 rings (SSSR count). The average Bonchev–Trinajstić information content (AvgIpc) is 2.71. The SMILES string of the molecule is CC1=C(C(=O)O)C2(C(=O)Nc3cc(Cl)ccc32)C(C#N)=C(N)O1. The third-order valence-electron chi connectivity index (χ3n) is 3.91. The molecule has 1 atom stereocenters. The second-order valence-electron chi connectivity index (χ2n) is 5.08. The van der Waals surface area contributed by atoms with Gasteiger partial charge in [-0.25, -0.2) is 4.79 Å². The van der Waals surface area contributed by atoms with Gasteiger partial charge in [-0.15, -0.1) is 0 Å². The Morgan fingerprint density at radius 3 is 2.83 bits per heavy atom. The first-order valence-electron chi connectivity index (χ1n) is 6.48. The second-order valence-corrected chi connectivity index (χ2v) is 5.52. The zero-order valence-corrected chi connectivity index (χ0v) is 12.6. The summed E-state index contributed by atoms with van der Waals surface area (Å²) in [4.78, 5) is 24.5. The van der Waals surface area contributed by atoms with Gasteiger partial charge in [0, 0.05) is 16.3 Å². The Hall–Kier alpha value is -2.98. The van der Waals surface area contributed by atoms with Crippen LogP contribution in [0, 0.1) is 11.3 Å². The number of carboxylic acids is 1. The molecule has 0 aromatic heterocycles. The Labute approximate surface area is 135 Å². The van der Waals surface area contributed by atoms with Crippen LogP contribution < -0.4 is 11.1 Å². The molecule has 8 heteroatoms. The smallest absolute Gasteiger partial charge is 0.336 e. The molecular formula is C15H10ClN3O4. The number of carbonyl (C=O) groups excluding carboxylic acids is 1. The first-order chi connectivity index (χ1) is 10.8. The fourth-order valence-corrected chi connectivity index (χ4v) is 3.24. The van der Waals surface area contributed by atoms with Crippen molar-refractivity contribution in [1.29, 1.82) is 5.26 Å². The lowest BCUT2D eigenvalue weighted by Crippen LogP contribution is -2.45. The number of aliphatic carboxylic acids is 1. The Bertz CT molecular complexity index is 881. The highest BCUT2D eigenvalue weighted by molar-refractivity contribution is 6.31. The van der Waals surface area contributed by atoms with Gasteiger partial charge in [0.25, 0.3) is 0 Å². The Balaban J connectivity index is 2.46. The molecule has 116 valence electrons. The molecule has 7 nitrogen and oxygen atoms in total. The third kappa shape index (κ3) is 1.76. The van der Waals surface area contributed by atoms with E-state index in [-0.39, 0.29) is 22.8 Å². The third-order valence-corrected chi connectivity index (χ3v) is 4.15. The van der Waals surface area contributed by atoms with E-state index in [9.17, 15) is 20.0 Å². The molecular weight excluding hydrogens is 322 g/mol. The van der Waals surface area contributed by atoms with Crippen molar-refractivity contribution in [2.75, 3.05) is 5.32 Å². The number of benzene rings is 1. The summed E-state index contributed by atoms with van der Waals surface area (Å²) < 4.78 is 5.17. The van der Waals surface area contributed by atoms with Gasteiger partial charge in [-0.1, -0.05) is 17.7 Å². The van der Waals surface area contributed by atoms with Gasteiger partial charge in [0.1, 0.15) is 23.0 Å². The average molecular weight is 332 g/mol. The highest BCUT2D eigenvalue weighted by Crippen LogP contribution is 2.52. The Morgan fingerprint density at radius 1 is 1.52 bits per heavy atom. The van der Waals surface area contributed by atoms with Crippen LogP contribution in [-0.2, 0) is 19.7 Å². The fourth-order valence-electron chi connectivity index (χ4n) is 3.07. The molecule has 2 aliphatic rings. The lowest BCUT2D eigenvalue weighted by molar-refractivity contribution is -0.135. The topological polar surface area (TPSA) is 125 Å². The highest BCUT2D eigenvalue weighted by atomic mass is 35.5. The van der Waals surface area contributed by atoms with Crippen molar-refractivity contribution in [1.82, 2.24) is 0 Å². The molecule has 0 radical (unpaired) electrons. The van der Waals surface area contributed by atoms with Crippen LogP contribution in [0.25, 0.3) is 0 Å². The summed E-state index contributed by atoms with van der Waals surface area (Å²) in [6, 6.07) is 6.31. The molecule has 1 amide bonds. The predicted molar refractivity (Wildman–Crippen MR) is 80.0 cm³/mol. The van der Waals surface area contributed by atoms with Crippen LogP contribution in [0.15, 0.2) is 41.0 Å². The number of amides is 1. The molecule has 0 bridgehead atoms. The van der Waals surface area contributed by atoms with Crippen LogP contribution in [0.4, 0.5) is 5.69 Å². The van der Waals surface area contributed by atoms with Crippen molar-refractivity contribution in [3.8, 4) is 6.07 Å². The van der Waals surface area contributed by atoms with Crippen molar-refractivity contribution < 1.29 is 19.4 Å². The first kappa shape index (κ1) is 14.9. The van der Waals surface area contributed by atoms with E-state index in [1.807, 2.05) is 6.07 Å². The summed E-state index contributed by atoms with van der Waals surface area (Å²) in [5, 5.41) is 22.0. The van der Waals surface area contributed by atoms with Crippen molar-refractivity contribution in [2.24, 2.45) is 5.73 Å². The van der Waals surface area contributed by atoms with Gasteiger partial charge in [-0.3, -0.25) is 4.79 Å². The number of nitriles is 1. The number of ether oxygens (including phenoxy) is 1. The maximum Gasteiger partial charge on any atom is 0.336 e. The molecule has 1 aromatic rings. The number of anilines is 1. The molecule has 0 saturated heterocycles. The van der Waals surface area contributed by atoms with Crippen LogP contribution in [0.2, 0.25) is 5.02 Å². The van der Waals surface area contributed by atoms with Crippen LogP contribution in [0.3, 0.4) is 0 Å². The molecule has 2 aliphatic heterocycles. The van der Waals surface area contributed by atoms with E-state index in [4.69, 9.17) is 22.1 Å². The Kier molecular flexibility index (Phi) is 3.09. The number of fused-ring (bicyclic) bond motifs is 2. The highest BCUT2D eigenvalue weighted by Gasteiger charge is 2.59. The summed E-state index contributed by atoms with van der Waals surface area (Å²) in [6.45, 7) is 1.38. The number of nitrogens with one attached hydrogen (secondary N) is 1. The molecule has 2 heterocycles. The number of hydrogen-bond acceptors (Lipinski definition) is 5. The maximum atomic E-state index is 12.7. The zero-order chi connectivity index (χ0) is 16.9. The van der Waals surface area contributed by atoms with Crippen molar-refractivity contribution in [3.05, 3.63) is 51.6 Å². The van der Waals surface area contributed by atoms with E-state index in [1.54, 1.807) is 0 Å². The lowest BCUT2D eigenvalue weighted by atomic mass is 9.68. The second kappa shape index (κ2) is 4.76. The number of rotatable bonds is 1. The van der Waals surface area contributed by atoms with E-state index in [0.717, 1.165) is 0 Å². The van der Waals surface area contributed by atoms with Crippen molar-refractivity contribution >= 4 is 29.2 Å². The van der Waals surface area contributed by atoms with Gasteiger partial charge in [-0.05, 0) is 19.1 Å². The largest absolute Gasteiger partial charge is 0.478 e. The van der Waals surface area contributed by atoms with Crippen LogP contribution >= 0.6 is 11.6 Å². The van der Waals surface area contributed by atoms with Crippen LogP contribution in [-0.4, -0.2) is 17.0 Å². The standard InChI is InChI=1S/C15H10ClN3O4/c1-6-11(13(20)21)15(9(5-17)12(18)23-6)8-3-2-7(16)4-10(8)19-14(15)22/h2-4H,18H2,1H3,(H,19,22)(H,20,21). The molecule has 23 heavy (non-hydrogen) atoms. The molecule has 0 aliphatic carbocycles. The van der Waals surface area contributed by atoms with Gasteiger partial charge in [-0.2, -0.15) is 5.26 Å². The molecule has 1 aromatic carbocycles. The number of allylic oxidation sites excluding steroid dienone is 1. The van der Waals surface area contributed by atoms with Gasteiger partial charge < -0.3 is 20.9 Å². The first-order valence-corrected chi connectivity index (χ1v) is 6.86. The zero-order valence-electron chi connectivity index (χ0n) is 11.8. The van der Waals surface area contributed by atoms with Gasteiger partial charge in [0.2, 0.25) is 11.8 Å². The summed E-state index contributed by atoms with van der Waals surface area (Å²) in [5.41, 5.74) is 3.91. The number of carboxylic acid groups (broad SMARTS) is 1. The molecule has 0 fully saturated rings. The predicted octanol–water partition coefficient (Wildman–Crippen LogP) is 1.61. The minimum Gasteiger partial charge on any atom is -0.478 e. The molecule has 1 unspecified atom stereocenters. The van der Waals surface area contributed by atoms with E-state index < -0.39 is 17.3 Å². The van der Waals surface area contributed by atoms with E-state index in [1.165, 1.54) is 25.1 Å². The monoisotopic (exact) mass is 331 g/mol.